The highest BCUT2D eigenvalue weighted by Gasteiger charge is 2.36. The minimum absolute atomic E-state index is 0.0439. The van der Waals surface area contributed by atoms with Crippen LogP contribution >= 0.6 is 0 Å². The van der Waals surface area contributed by atoms with Crippen LogP contribution < -0.4 is 0 Å². The van der Waals surface area contributed by atoms with Gasteiger partial charge in [-0.3, -0.25) is 4.18 Å². The van der Waals surface area contributed by atoms with Crippen molar-refractivity contribution in [2.75, 3.05) is 38.1 Å². The van der Waals surface area contributed by atoms with Gasteiger partial charge in [-0.25, -0.2) is 8.42 Å². The summed E-state index contributed by atoms with van der Waals surface area (Å²) < 4.78 is 59.5. The average Bonchev–Trinajstić information content (AvgIpc) is 2.63. The SMILES string of the molecule is CS(=O)(=O)CCCC1(CCOS(C)(=O)=O)OCCO1. The van der Waals surface area contributed by atoms with Gasteiger partial charge in [0.15, 0.2) is 5.79 Å². The van der Waals surface area contributed by atoms with Crippen LogP contribution in [0.3, 0.4) is 0 Å². The number of ether oxygens (including phenoxy) is 2. The standard InChI is InChI=1S/C10H20O7S2/c1-18(11,12)9-3-4-10(15-7-8-16-10)5-6-17-19(2,13)14/h3-9H2,1-2H3. The van der Waals surface area contributed by atoms with Crippen molar-refractivity contribution in [2.24, 2.45) is 0 Å². The smallest absolute Gasteiger partial charge is 0.264 e. The van der Waals surface area contributed by atoms with E-state index in [-0.39, 0.29) is 18.8 Å². The number of sulfone groups is 1. The number of hydrogen-bond acceptors (Lipinski definition) is 7. The van der Waals surface area contributed by atoms with Crippen LogP contribution in [-0.2, 0) is 33.6 Å². The minimum atomic E-state index is -3.49. The Kier molecular flexibility index (Phi) is 5.75. The third kappa shape index (κ3) is 7.21. The fraction of sp³-hybridized carbons (Fsp3) is 1.00. The minimum Gasteiger partial charge on any atom is -0.347 e. The van der Waals surface area contributed by atoms with E-state index in [9.17, 15) is 16.8 Å². The molecule has 0 bridgehead atoms. The van der Waals surface area contributed by atoms with Crippen LogP contribution in [0.5, 0.6) is 0 Å². The first kappa shape index (κ1) is 16.8. The van der Waals surface area contributed by atoms with E-state index in [1.165, 1.54) is 6.26 Å². The first-order chi connectivity index (χ1) is 8.62. The molecule has 1 saturated heterocycles. The van der Waals surface area contributed by atoms with Crippen molar-refractivity contribution in [1.82, 2.24) is 0 Å². The third-order valence-electron chi connectivity index (χ3n) is 2.67. The lowest BCUT2D eigenvalue weighted by Gasteiger charge is -2.27. The van der Waals surface area contributed by atoms with Gasteiger partial charge in [0.2, 0.25) is 0 Å². The van der Waals surface area contributed by atoms with Crippen LogP contribution in [0.15, 0.2) is 0 Å². The van der Waals surface area contributed by atoms with Crippen LogP contribution in [0.2, 0.25) is 0 Å². The molecule has 0 aromatic carbocycles. The van der Waals surface area contributed by atoms with Crippen molar-refractivity contribution in [3.63, 3.8) is 0 Å². The summed E-state index contributed by atoms with van der Waals surface area (Å²) in [6.45, 7) is 0.785. The highest BCUT2D eigenvalue weighted by Crippen LogP contribution is 2.29. The molecule has 0 radical (unpaired) electrons. The summed E-state index contributed by atoms with van der Waals surface area (Å²) in [7, 11) is -6.52. The van der Waals surface area contributed by atoms with Crippen molar-refractivity contribution in [3.05, 3.63) is 0 Å². The van der Waals surface area contributed by atoms with E-state index < -0.39 is 25.7 Å². The number of rotatable bonds is 8. The summed E-state index contributed by atoms with van der Waals surface area (Å²) in [5, 5.41) is 0. The van der Waals surface area contributed by atoms with Gasteiger partial charge in [-0.15, -0.1) is 0 Å². The van der Waals surface area contributed by atoms with Gasteiger partial charge >= 0.3 is 0 Å². The predicted octanol–water partition coefficient (Wildman–Crippen LogP) is -0.0794. The molecule has 1 aliphatic rings. The van der Waals surface area contributed by atoms with Crippen molar-refractivity contribution in [1.29, 1.82) is 0 Å². The summed E-state index contributed by atoms with van der Waals surface area (Å²) >= 11 is 0. The van der Waals surface area contributed by atoms with Crippen LogP contribution in [-0.4, -0.2) is 60.7 Å². The Morgan fingerprint density at radius 2 is 1.63 bits per heavy atom. The van der Waals surface area contributed by atoms with E-state index in [1.807, 2.05) is 0 Å². The van der Waals surface area contributed by atoms with Crippen molar-refractivity contribution >= 4 is 20.0 Å². The van der Waals surface area contributed by atoms with E-state index in [2.05, 4.69) is 4.18 Å². The second-order valence-electron chi connectivity index (χ2n) is 4.62. The van der Waals surface area contributed by atoms with Gasteiger partial charge in [0.05, 0.1) is 31.8 Å². The highest BCUT2D eigenvalue weighted by atomic mass is 32.2. The lowest BCUT2D eigenvalue weighted by molar-refractivity contribution is -0.170. The van der Waals surface area contributed by atoms with Crippen LogP contribution in [0.25, 0.3) is 0 Å². The zero-order valence-corrected chi connectivity index (χ0v) is 12.8. The van der Waals surface area contributed by atoms with Crippen LogP contribution in [0.4, 0.5) is 0 Å². The Balaban J connectivity index is 2.45. The van der Waals surface area contributed by atoms with E-state index in [1.54, 1.807) is 0 Å². The Hall–Kier alpha value is -0.220. The monoisotopic (exact) mass is 316 g/mol. The maximum absolute atomic E-state index is 11.1. The summed E-state index contributed by atoms with van der Waals surface area (Å²) in [4.78, 5) is 0. The molecule has 0 unspecified atom stereocenters. The lowest BCUT2D eigenvalue weighted by atomic mass is 10.1. The topological polar surface area (TPSA) is 96.0 Å². The molecular formula is C10H20O7S2. The quantitative estimate of drug-likeness (QED) is 0.578. The van der Waals surface area contributed by atoms with E-state index in [0.29, 0.717) is 26.1 Å². The molecule has 0 amide bonds. The maximum atomic E-state index is 11.1. The molecule has 19 heavy (non-hydrogen) atoms. The number of hydrogen-bond donors (Lipinski definition) is 0. The van der Waals surface area contributed by atoms with Gasteiger partial charge in [-0.1, -0.05) is 0 Å². The zero-order chi connectivity index (χ0) is 14.6. The molecule has 0 aromatic heterocycles. The predicted molar refractivity (Wildman–Crippen MR) is 69.0 cm³/mol. The average molecular weight is 316 g/mol. The second-order valence-corrected chi connectivity index (χ2v) is 8.52. The molecule has 1 heterocycles. The van der Waals surface area contributed by atoms with Gasteiger partial charge in [0, 0.05) is 19.1 Å². The van der Waals surface area contributed by atoms with Gasteiger partial charge in [0.25, 0.3) is 10.1 Å². The van der Waals surface area contributed by atoms with E-state index in [0.717, 1.165) is 6.26 Å². The van der Waals surface area contributed by atoms with E-state index in [4.69, 9.17) is 9.47 Å². The fourth-order valence-electron chi connectivity index (χ4n) is 1.86. The molecule has 7 nitrogen and oxygen atoms in total. The molecule has 0 aliphatic carbocycles. The Morgan fingerprint density at radius 3 is 2.11 bits per heavy atom. The molecule has 1 fully saturated rings. The van der Waals surface area contributed by atoms with Crippen molar-refractivity contribution in [2.45, 2.75) is 25.0 Å². The van der Waals surface area contributed by atoms with E-state index >= 15 is 0 Å². The maximum Gasteiger partial charge on any atom is 0.264 e. The molecule has 114 valence electrons. The Labute approximate surface area is 114 Å². The molecule has 0 saturated carbocycles. The Morgan fingerprint density at radius 1 is 1.05 bits per heavy atom. The molecule has 0 atom stereocenters. The van der Waals surface area contributed by atoms with Crippen LogP contribution in [0.1, 0.15) is 19.3 Å². The molecule has 9 heteroatoms. The zero-order valence-electron chi connectivity index (χ0n) is 11.1. The largest absolute Gasteiger partial charge is 0.347 e. The van der Waals surface area contributed by atoms with Gasteiger partial charge in [-0.2, -0.15) is 8.42 Å². The molecule has 1 rings (SSSR count). The first-order valence-electron chi connectivity index (χ1n) is 5.92. The lowest BCUT2D eigenvalue weighted by Crippen LogP contribution is -2.32. The summed E-state index contributed by atoms with van der Waals surface area (Å²) in [5.74, 6) is -0.871. The van der Waals surface area contributed by atoms with Gasteiger partial charge in [-0.05, 0) is 6.42 Å². The molecule has 0 spiro atoms. The van der Waals surface area contributed by atoms with Crippen LogP contribution in [0, 0.1) is 0 Å². The normalized spacial score (nSPS) is 19.7. The Bertz CT molecular complexity index is 434. The highest BCUT2D eigenvalue weighted by molar-refractivity contribution is 7.90. The summed E-state index contributed by atoms with van der Waals surface area (Å²) in [6.07, 6.45) is 3.19. The van der Waals surface area contributed by atoms with Gasteiger partial charge < -0.3 is 9.47 Å². The molecule has 0 N–H and O–H groups in total. The van der Waals surface area contributed by atoms with Crippen molar-refractivity contribution in [3.8, 4) is 0 Å². The summed E-state index contributed by atoms with van der Waals surface area (Å²) in [6, 6.07) is 0. The molecule has 1 aliphatic heterocycles. The third-order valence-corrected chi connectivity index (χ3v) is 4.29. The first-order valence-corrected chi connectivity index (χ1v) is 9.80. The summed E-state index contributed by atoms with van der Waals surface area (Å²) in [5.41, 5.74) is 0. The second kappa shape index (κ2) is 6.49. The van der Waals surface area contributed by atoms with Gasteiger partial charge in [0.1, 0.15) is 9.84 Å². The molecular weight excluding hydrogens is 296 g/mol. The van der Waals surface area contributed by atoms with Crippen molar-refractivity contribution < 1.29 is 30.5 Å². The molecule has 0 aromatic rings. The fourth-order valence-corrected chi connectivity index (χ4v) is 2.92.